The van der Waals surface area contributed by atoms with Gasteiger partial charge in [-0.05, 0) is 14.0 Å². The zero-order valence-electron chi connectivity index (χ0n) is 9.01. The molecule has 15 heavy (non-hydrogen) atoms. The molecular formula is C9H16N4O2. The third kappa shape index (κ3) is 2.34. The van der Waals surface area contributed by atoms with E-state index in [9.17, 15) is 0 Å². The Balaban J connectivity index is 2.08. The Bertz CT molecular complexity index is 326. The van der Waals surface area contributed by atoms with Gasteiger partial charge in [0.05, 0.1) is 12.6 Å². The fraction of sp³-hybridized carbons (Fsp3) is 0.778. The highest BCUT2D eigenvalue weighted by Gasteiger charge is 2.24. The van der Waals surface area contributed by atoms with Crippen molar-refractivity contribution in [1.82, 2.24) is 15.0 Å². The van der Waals surface area contributed by atoms with Gasteiger partial charge in [0.1, 0.15) is 6.10 Å². The quantitative estimate of drug-likeness (QED) is 0.748. The van der Waals surface area contributed by atoms with Crippen molar-refractivity contribution < 1.29 is 9.26 Å². The van der Waals surface area contributed by atoms with Crippen molar-refractivity contribution in [3.8, 4) is 0 Å². The van der Waals surface area contributed by atoms with Gasteiger partial charge >= 0.3 is 0 Å². The highest BCUT2D eigenvalue weighted by atomic mass is 16.5. The van der Waals surface area contributed by atoms with Crippen LogP contribution in [0.1, 0.15) is 30.8 Å². The van der Waals surface area contributed by atoms with Crippen LogP contribution < -0.4 is 5.73 Å². The average Bonchev–Trinajstić information content (AvgIpc) is 2.66. The summed E-state index contributed by atoms with van der Waals surface area (Å²) < 4.78 is 10.6. The molecular weight excluding hydrogens is 196 g/mol. The predicted molar refractivity (Wildman–Crippen MR) is 53.1 cm³/mol. The number of likely N-dealkylation sites (N-methyl/N-ethyl adjacent to an activating group) is 1. The topological polar surface area (TPSA) is 77.4 Å². The number of nitrogens with two attached hydrogens (primary N) is 1. The lowest BCUT2D eigenvalue weighted by molar-refractivity contribution is -0.0264. The molecule has 1 aromatic heterocycles. The Morgan fingerprint density at radius 2 is 2.40 bits per heavy atom. The van der Waals surface area contributed by atoms with Crippen molar-refractivity contribution in [2.75, 3.05) is 26.7 Å². The summed E-state index contributed by atoms with van der Waals surface area (Å²) in [5.74, 6) is 1.05. The van der Waals surface area contributed by atoms with Crippen LogP contribution in [0.4, 0.5) is 0 Å². The second kappa shape index (κ2) is 4.26. The second-order valence-electron chi connectivity index (χ2n) is 3.90. The Morgan fingerprint density at radius 1 is 1.60 bits per heavy atom. The fourth-order valence-electron chi connectivity index (χ4n) is 1.50. The van der Waals surface area contributed by atoms with Crippen LogP contribution in [-0.2, 0) is 4.74 Å². The molecule has 0 amide bonds. The van der Waals surface area contributed by atoms with Gasteiger partial charge in [-0.1, -0.05) is 5.16 Å². The van der Waals surface area contributed by atoms with Crippen molar-refractivity contribution in [3.05, 3.63) is 11.7 Å². The molecule has 1 aliphatic heterocycles. The summed E-state index contributed by atoms with van der Waals surface area (Å²) in [6.07, 6.45) is -0.0972. The van der Waals surface area contributed by atoms with Crippen molar-refractivity contribution >= 4 is 0 Å². The number of aromatic nitrogens is 2. The molecule has 0 spiro atoms. The molecule has 6 heteroatoms. The average molecular weight is 212 g/mol. The molecule has 2 rings (SSSR count). The van der Waals surface area contributed by atoms with Crippen LogP contribution in [0.5, 0.6) is 0 Å². The van der Waals surface area contributed by atoms with Crippen LogP contribution in [0.25, 0.3) is 0 Å². The zero-order chi connectivity index (χ0) is 10.8. The van der Waals surface area contributed by atoms with Crippen LogP contribution in [0, 0.1) is 0 Å². The first-order valence-corrected chi connectivity index (χ1v) is 5.06. The molecule has 2 heterocycles. The fourth-order valence-corrected chi connectivity index (χ4v) is 1.50. The van der Waals surface area contributed by atoms with Crippen LogP contribution in [-0.4, -0.2) is 41.8 Å². The number of morpholine rings is 1. The monoisotopic (exact) mass is 212 g/mol. The van der Waals surface area contributed by atoms with E-state index in [0.29, 0.717) is 18.3 Å². The van der Waals surface area contributed by atoms with Gasteiger partial charge in [-0.25, -0.2) is 0 Å². The molecule has 2 atom stereocenters. The summed E-state index contributed by atoms with van der Waals surface area (Å²) in [6, 6.07) is -0.229. The predicted octanol–water partition coefficient (Wildman–Crippen LogP) is 0.0924. The van der Waals surface area contributed by atoms with Gasteiger partial charge < -0.3 is 19.9 Å². The molecule has 1 aliphatic rings. The number of rotatable bonds is 2. The molecule has 0 radical (unpaired) electrons. The van der Waals surface area contributed by atoms with Gasteiger partial charge in [-0.2, -0.15) is 4.98 Å². The standard InChI is InChI=1S/C9H16N4O2/c1-6(10)9-11-8(12-15-9)7-5-13(2)3-4-14-7/h6-7H,3-5,10H2,1-2H3/t6-,7?/m0/s1. The van der Waals surface area contributed by atoms with E-state index in [1.54, 1.807) is 0 Å². The summed E-state index contributed by atoms with van der Waals surface area (Å²) >= 11 is 0. The SMILES string of the molecule is C[C@H](N)c1nc(C2CN(C)CCO2)no1. The van der Waals surface area contributed by atoms with Gasteiger partial charge in [0.15, 0.2) is 0 Å². The Kier molecular flexibility index (Phi) is 2.99. The summed E-state index contributed by atoms with van der Waals surface area (Å²) in [6.45, 7) is 4.24. The third-order valence-electron chi connectivity index (χ3n) is 2.40. The van der Waals surface area contributed by atoms with E-state index in [4.69, 9.17) is 15.0 Å². The number of nitrogens with zero attached hydrogens (tertiary/aromatic N) is 3. The third-order valence-corrected chi connectivity index (χ3v) is 2.40. The molecule has 84 valence electrons. The number of hydrogen-bond donors (Lipinski definition) is 1. The summed E-state index contributed by atoms with van der Waals surface area (Å²) in [5.41, 5.74) is 5.64. The van der Waals surface area contributed by atoms with Gasteiger partial charge in [-0.15, -0.1) is 0 Å². The Hall–Kier alpha value is -0.980. The molecule has 6 nitrogen and oxygen atoms in total. The summed E-state index contributed by atoms with van der Waals surface area (Å²) in [4.78, 5) is 6.39. The van der Waals surface area contributed by atoms with Crippen LogP contribution in [0.3, 0.4) is 0 Å². The van der Waals surface area contributed by atoms with E-state index in [2.05, 4.69) is 15.0 Å². The molecule has 1 saturated heterocycles. The van der Waals surface area contributed by atoms with E-state index in [1.165, 1.54) is 0 Å². The van der Waals surface area contributed by atoms with Crippen molar-refractivity contribution in [1.29, 1.82) is 0 Å². The highest BCUT2D eigenvalue weighted by Crippen LogP contribution is 2.19. The van der Waals surface area contributed by atoms with Crippen molar-refractivity contribution in [3.63, 3.8) is 0 Å². The maximum atomic E-state index is 5.64. The first-order chi connectivity index (χ1) is 7.16. The minimum absolute atomic E-state index is 0.0972. The minimum atomic E-state index is -0.229. The maximum Gasteiger partial charge on any atom is 0.243 e. The van der Waals surface area contributed by atoms with Crippen LogP contribution >= 0.6 is 0 Å². The maximum absolute atomic E-state index is 5.64. The Morgan fingerprint density at radius 3 is 3.00 bits per heavy atom. The summed E-state index contributed by atoms with van der Waals surface area (Å²) in [5, 5.41) is 3.88. The largest absolute Gasteiger partial charge is 0.367 e. The number of ether oxygens (including phenoxy) is 1. The molecule has 0 aromatic carbocycles. The second-order valence-corrected chi connectivity index (χ2v) is 3.90. The van der Waals surface area contributed by atoms with Crippen molar-refractivity contribution in [2.24, 2.45) is 5.73 Å². The molecule has 0 saturated carbocycles. The van der Waals surface area contributed by atoms with Crippen LogP contribution in [0.2, 0.25) is 0 Å². The molecule has 1 unspecified atom stereocenters. The molecule has 1 fully saturated rings. The molecule has 2 N–H and O–H groups in total. The smallest absolute Gasteiger partial charge is 0.243 e. The van der Waals surface area contributed by atoms with Crippen molar-refractivity contribution in [2.45, 2.75) is 19.1 Å². The van der Waals surface area contributed by atoms with Crippen LogP contribution in [0.15, 0.2) is 4.52 Å². The summed E-state index contributed by atoms with van der Waals surface area (Å²) in [7, 11) is 2.04. The van der Waals surface area contributed by atoms with E-state index in [1.807, 2.05) is 14.0 Å². The van der Waals surface area contributed by atoms with Gasteiger partial charge in [-0.3, -0.25) is 0 Å². The van der Waals surface area contributed by atoms with E-state index in [-0.39, 0.29) is 12.1 Å². The lowest BCUT2D eigenvalue weighted by Crippen LogP contribution is -2.35. The Labute approximate surface area is 88.4 Å². The lowest BCUT2D eigenvalue weighted by atomic mass is 10.2. The molecule has 0 aliphatic carbocycles. The zero-order valence-corrected chi connectivity index (χ0v) is 9.01. The first-order valence-electron chi connectivity index (χ1n) is 5.06. The normalized spacial score (nSPS) is 25.4. The highest BCUT2D eigenvalue weighted by molar-refractivity contribution is 4.95. The van der Waals surface area contributed by atoms with Gasteiger partial charge in [0.25, 0.3) is 0 Å². The molecule has 1 aromatic rings. The lowest BCUT2D eigenvalue weighted by Gasteiger charge is -2.27. The van der Waals surface area contributed by atoms with Gasteiger partial charge in [0, 0.05) is 13.1 Å². The van der Waals surface area contributed by atoms with E-state index < -0.39 is 0 Å². The minimum Gasteiger partial charge on any atom is -0.367 e. The first kappa shape index (κ1) is 10.5. The number of hydrogen-bond acceptors (Lipinski definition) is 6. The molecule has 0 bridgehead atoms. The van der Waals surface area contributed by atoms with Gasteiger partial charge in [0.2, 0.25) is 11.7 Å². The van der Waals surface area contributed by atoms with E-state index >= 15 is 0 Å². The van der Waals surface area contributed by atoms with E-state index in [0.717, 1.165) is 13.1 Å².